The quantitative estimate of drug-likeness (QED) is 0.0626. The average molecular weight is 886 g/mol. The molecule has 3 aliphatic rings. The molecule has 0 N–H and O–H groups in total. The Balaban J connectivity index is 1.05. The molecular weight excluding hydrogens is 817 g/mol. The van der Waals surface area contributed by atoms with Gasteiger partial charge in [-0.15, -0.1) is 0 Å². The number of para-hydroxylation sites is 1. The predicted molar refractivity (Wildman–Crippen MR) is 284 cm³/mol. The highest BCUT2D eigenvalue weighted by Gasteiger charge is 2.48. The maximum atomic E-state index is 4.84. The smallest absolute Gasteiger partial charge is 0.221 e. The lowest BCUT2D eigenvalue weighted by Gasteiger charge is -2.37. The van der Waals surface area contributed by atoms with Gasteiger partial charge < -0.3 is 4.90 Å². The molecule has 10 rings (SSSR count). The predicted octanol–water partition coefficient (Wildman–Crippen LogP) is 18.7. The monoisotopic (exact) mass is 886 g/mol. The summed E-state index contributed by atoms with van der Waals surface area (Å²) in [6.07, 6.45) is 22.7. The Labute approximate surface area is 400 Å². The summed E-state index contributed by atoms with van der Waals surface area (Å²) in [7, 11) is 0. The van der Waals surface area contributed by atoms with E-state index in [4.69, 9.17) is 6.58 Å². The summed E-state index contributed by atoms with van der Waals surface area (Å²) in [5, 5.41) is 2.56. The summed E-state index contributed by atoms with van der Waals surface area (Å²) in [5.74, 6) is 0. The van der Waals surface area contributed by atoms with Crippen LogP contribution in [0.3, 0.4) is 0 Å². The van der Waals surface area contributed by atoms with Crippen LogP contribution in [0.2, 0.25) is 0 Å². The molecule has 3 heteroatoms. The van der Waals surface area contributed by atoms with Crippen LogP contribution in [0.1, 0.15) is 147 Å². The van der Waals surface area contributed by atoms with Crippen LogP contribution in [-0.4, -0.2) is 0 Å². The van der Waals surface area contributed by atoms with Crippen LogP contribution in [0.25, 0.3) is 49.9 Å². The molecule has 0 radical (unpaired) electrons. The summed E-state index contributed by atoms with van der Waals surface area (Å²) in [6.45, 7) is 14.1. The number of fused-ring (bicyclic) bond motifs is 10. The van der Waals surface area contributed by atoms with Crippen LogP contribution >= 0.6 is 11.8 Å². The molecule has 2 nitrogen and oxygen atoms in total. The fourth-order valence-electron chi connectivity index (χ4n) is 12.3. The lowest BCUT2D eigenvalue weighted by atomic mass is 9.70. The summed E-state index contributed by atoms with van der Waals surface area (Å²) in [5.41, 5.74) is 17.2. The number of aromatic nitrogens is 1. The van der Waals surface area contributed by atoms with E-state index < -0.39 is 0 Å². The van der Waals surface area contributed by atoms with Gasteiger partial charge in [-0.2, -0.15) is 4.57 Å². The maximum absolute atomic E-state index is 4.84. The van der Waals surface area contributed by atoms with Gasteiger partial charge in [0.05, 0.1) is 22.3 Å². The molecule has 3 heterocycles. The zero-order valence-corrected chi connectivity index (χ0v) is 40.9. The molecule has 7 aromatic rings. The largest absolute Gasteiger partial charge is 0.308 e. The van der Waals surface area contributed by atoms with Crippen molar-refractivity contribution in [1.82, 2.24) is 0 Å². The van der Waals surface area contributed by atoms with Gasteiger partial charge in [0.1, 0.15) is 0 Å². The van der Waals surface area contributed by atoms with E-state index in [1.54, 1.807) is 11.1 Å². The van der Waals surface area contributed by atoms with Crippen molar-refractivity contribution < 1.29 is 4.57 Å². The minimum absolute atomic E-state index is 0.0596. The van der Waals surface area contributed by atoms with Gasteiger partial charge >= 0.3 is 0 Å². The molecule has 66 heavy (non-hydrogen) atoms. The number of benzene rings is 6. The third-order valence-corrected chi connectivity index (χ3v) is 17.0. The standard InChI is InChI=1S/C63H69N2S/c1-6-10-12-14-16-24-39-62(40-25-17-15-13-11-7-2)55-29-21-20-28-52(55)53-35-32-47(42-56(53)62)48-33-37-58-60(43-48)66-59-31-23-22-30-57(59)65(58)49-34-36-50-45(5)63(8-3,9-4)64-41-38-46-26-18-19-27-51(46)61(64)54(50)44-49/h18-23,26-38,41-44H,5-17,24-25,39-40H2,1-4H3/q+1. The lowest BCUT2D eigenvalue weighted by Crippen LogP contribution is -2.59. The lowest BCUT2D eigenvalue weighted by molar-refractivity contribution is -0.740. The number of pyridine rings is 1. The van der Waals surface area contributed by atoms with E-state index in [9.17, 15) is 0 Å². The minimum atomic E-state index is -0.173. The number of rotatable bonds is 18. The van der Waals surface area contributed by atoms with E-state index >= 15 is 0 Å². The number of hydrogen-bond acceptors (Lipinski definition) is 2. The fraction of sp³-hybridized carbons (Fsp3) is 0.349. The van der Waals surface area contributed by atoms with Crippen molar-refractivity contribution in [3.05, 3.63) is 163 Å². The highest BCUT2D eigenvalue weighted by molar-refractivity contribution is 7.99. The molecule has 0 bridgehead atoms. The summed E-state index contributed by atoms with van der Waals surface area (Å²) < 4.78 is 2.55. The van der Waals surface area contributed by atoms with E-state index in [0.717, 1.165) is 12.8 Å². The van der Waals surface area contributed by atoms with Crippen molar-refractivity contribution in [3.8, 4) is 33.5 Å². The first-order chi connectivity index (χ1) is 32.5. The fourth-order valence-corrected chi connectivity index (χ4v) is 13.4. The Kier molecular flexibility index (Phi) is 12.9. The zero-order valence-electron chi connectivity index (χ0n) is 40.1. The third kappa shape index (κ3) is 7.64. The molecule has 336 valence electrons. The Morgan fingerprint density at radius 3 is 1.91 bits per heavy atom. The second-order valence-electron chi connectivity index (χ2n) is 19.6. The highest BCUT2D eigenvalue weighted by Crippen LogP contribution is 2.57. The van der Waals surface area contributed by atoms with Crippen LogP contribution in [0, 0.1) is 0 Å². The Bertz CT molecular complexity index is 2880. The van der Waals surface area contributed by atoms with Gasteiger partial charge in [0.15, 0.2) is 11.7 Å². The molecule has 0 unspecified atom stereocenters. The second-order valence-corrected chi connectivity index (χ2v) is 20.7. The van der Waals surface area contributed by atoms with E-state index in [2.05, 4.69) is 177 Å². The number of unbranched alkanes of at least 4 members (excludes halogenated alkanes) is 10. The van der Waals surface area contributed by atoms with E-state index in [1.807, 2.05) is 11.8 Å². The Hall–Kier alpha value is -5.38. The summed E-state index contributed by atoms with van der Waals surface area (Å²) >= 11 is 1.91. The average Bonchev–Trinajstić information content (AvgIpc) is 3.63. The third-order valence-electron chi connectivity index (χ3n) is 15.9. The molecule has 1 aliphatic carbocycles. The van der Waals surface area contributed by atoms with Gasteiger partial charge in [-0.3, -0.25) is 0 Å². The van der Waals surface area contributed by atoms with E-state index in [-0.39, 0.29) is 11.0 Å². The number of nitrogens with zero attached hydrogens (tertiary/aromatic N) is 2. The molecule has 0 fully saturated rings. The molecule has 0 spiro atoms. The minimum Gasteiger partial charge on any atom is -0.308 e. The summed E-state index contributed by atoms with van der Waals surface area (Å²) in [6, 6.07) is 51.5. The first-order valence-corrected chi connectivity index (χ1v) is 26.5. The van der Waals surface area contributed by atoms with Crippen LogP contribution < -0.4 is 9.47 Å². The first-order valence-electron chi connectivity index (χ1n) is 25.7. The van der Waals surface area contributed by atoms with Crippen LogP contribution in [-0.2, 0) is 11.0 Å². The molecule has 1 aromatic heterocycles. The van der Waals surface area contributed by atoms with Crippen LogP contribution in [0.5, 0.6) is 0 Å². The van der Waals surface area contributed by atoms with Crippen LogP contribution in [0.4, 0.5) is 17.1 Å². The first kappa shape index (κ1) is 44.5. The van der Waals surface area contributed by atoms with Gasteiger partial charge in [0.2, 0.25) is 5.69 Å². The number of allylic oxidation sites excluding steroid dienone is 1. The van der Waals surface area contributed by atoms with E-state index in [0.29, 0.717) is 0 Å². The van der Waals surface area contributed by atoms with E-state index in [1.165, 1.54) is 172 Å². The molecule has 0 atom stereocenters. The molecule has 0 saturated carbocycles. The molecule has 0 saturated heterocycles. The Morgan fingerprint density at radius 1 is 0.515 bits per heavy atom. The van der Waals surface area contributed by atoms with Gasteiger partial charge in [-0.1, -0.05) is 202 Å². The van der Waals surface area contributed by atoms with Gasteiger partial charge in [-0.25, -0.2) is 0 Å². The number of anilines is 3. The van der Waals surface area contributed by atoms with Crippen molar-refractivity contribution in [2.75, 3.05) is 4.90 Å². The van der Waals surface area contributed by atoms with Gasteiger partial charge in [0.25, 0.3) is 0 Å². The van der Waals surface area contributed by atoms with Crippen molar-refractivity contribution in [3.63, 3.8) is 0 Å². The van der Waals surface area contributed by atoms with Crippen LogP contribution in [0.15, 0.2) is 156 Å². The maximum Gasteiger partial charge on any atom is 0.221 e. The SMILES string of the molecule is C=C1c2ccc(N3c4ccccc4Sc4cc(-c5ccc6c(c5)C(CCCCCCCC)(CCCCCCCC)c5ccccc5-6)ccc43)cc2-c2c3ccccc3cc[n+]2C1(CC)CC. The zero-order chi connectivity index (χ0) is 45.3. The van der Waals surface area contributed by atoms with Crippen molar-refractivity contribution in [2.45, 2.75) is 151 Å². The molecule has 0 amide bonds. The number of hydrogen-bond donors (Lipinski definition) is 0. The molecule has 2 aliphatic heterocycles. The normalized spacial score (nSPS) is 14.9. The van der Waals surface area contributed by atoms with Crippen molar-refractivity contribution in [2.24, 2.45) is 0 Å². The van der Waals surface area contributed by atoms with Gasteiger partial charge in [-0.05, 0) is 106 Å². The topological polar surface area (TPSA) is 7.12 Å². The molecular formula is C63H69N2S+. The highest BCUT2D eigenvalue weighted by atomic mass is 32.2. The summed E-state index contributed by atoms with van der Waals surface area (Å²) in [4.78, 5) is 5.08. The second kappa shape index (κ2) is 19.1. The van der Waals surface area contributed by atoms with Crippen molar-refractivity contribution in [1.29, 1.82) is 0 Å². The van der Waals surface area contributed by atoms with Gasteiger partial charge in [0, 0.05) is 45.4 Å². The Morgan fingerprint density at radius 2 is 1.14 bits per heavy atom. The molecule has 6 aromatic carbocycles. The van der Waals surface area contributed by atoms with Crippen molar-refractivity contribution >= 4 is 45.2 Å².